The molecular formula is C13H14F3N3O. The predicted molar refractivity (Wildman–Crippen MR) is 68.1 cm³/mol. The van der Waals surface area contributed by atoms with Crippen LogP contribution in [0.4, 0.5) is 13.2 Å². The molecule has 20 heavy (non-hydrogen) atoms. The number of carbonyl (C=O) groups excluding carboxylic acids is 1. The summed E-state index contributed by atoms with van der Waals surface area (Å²) in [5.74, 6) is -0.423. The highest BCUT2D eigenvalue weighted by Gasteiger charge is 2.35. The molecule has 7 heteroatoms. The fraction of sp³-hybridized carbons (Fsp3) is 0.385. The van der Waals surface area contributed by atoms with Gasteiger partial charge in [-0.05, 0) is 12.0 Å². The molecule has 2 rings (SSSR count). The smallest absolute Gasteiger partial charge is 0.279 e. The summed E-state index contributed by atoms with van der Waals surface area (Å²) in [7, 11) is 0. The molecule has 0 saturated carbocycles. The number of carbonyl (C=O) groups is 1. The average molecular weight is 285 g/mol. The number of hydrogen-bond acceptors (Lipinski definition) is 3. The van der Waals surface area contributed by atoms with Crippen LogP contribution in [-0.4, -0.2) is 36.0 Å². The largest absolute Gasteiger partial charge is 0.408 e. The molecule has 0 radical (unpaired) electrons. The highest BCUT2D eigenvalue weighted by atomic mass is 19.4. The van der Waals surface area contributed by atoms with Gasteiger partial charge in [-0.1, -0.05) is 31.2 Å². The van der Waals surface area contributed by atoms with Gasteiger partial charge in [0.25, 0.3) is 5.91 Å². The minimum absolute atomic E-state index is 0.275. The third-order valence-electron chi connectivity index (χ3n) is 2.89. The molecule has 0 bridgehead atoms. The lowest BCUT2D eigenvalue weighted by Gasteiger charge is -2.29. The summed E-state index contributed by atoms with van der Waals surface area (Å²) in [5.41, 5.74) is 4.20. The number of nitrogens with one attached hydrogen (secondary N) is 1. The van der Waals surface area contributed by atoms with E-state index in [1.54, 1.807) is 12.1 Å². The molecule has 0 saturated heterocycles. The van der Waals surface area contributed by atoms with E-state index >= 15 is 0 Å². The first kappa shape index (κ1) is 14.4. The maximum Gasteiger partial charge on any atom is 0.408 e. The number of amides is 1. The molecule has 1 aromatic rings. The number of benzene rings is 1. The van der Waals surface area contributed by atoms with Crippen molar-refractivity contribution in [3.05, 3.63) is 35.4 Å². The molecule has 0 atom stereocenters. The van der Waals surface area contributed by atoms with Crippen LogP contribution >= 0.6 is 0 Å². The number of aryl methyl sites for hydroxylation is 1. The number of rotatable bonds is 3. The Balaban J connectivity index is 2.14. The second-order valence-electron chi connectivity index (χ2n) is 4.42. The molecule has 0 aromatic heterocycles. The second-order valence-corrected chi connectivity index (χ2v) is 4.42. The monoisotopic (exact) mass is 285 g/mol. The lowest BCUT2D eigenvalue weighted by Crippen LogP contribution is -2.54. The zero-order valence-electron chi connectivity index (χ0n) is 10.9. The number of hydrogen-bond donors (Lipinski definition) is 1. The van der Waals surface area contributed by atoms with E-state index in [1.807, 2.05) is 19.1 Å². The lowest BCUT2D eigenvalue weighted by molar-refractivity contribution is -0.164. The summed E-state index contributed by atoms with van der Waals surface area (Å²) in [5, 5.41) is 0.552. The minimum Gasteiger partial charge on any atom is -0.279 e. The third-order valence-corrected chi connectivity index (χ3v) is 2.89. The summed E-state index contributed by atoms with van der Waals surface area (Å²) in [6.07, 6.45) is -3.57. The van der Waals surface area contributed by atoms with E-state index in [2.05, 4.69) is 10.4 Å². The van der Waals surface area contributed by atoms with E-state index < -0.39 is 18.6 Å². The van der Waals surface area contributed by atoms with Gasteiger partial charge in [0, 0.05) is 5.56 Å². The zero-order valence-corrected chi connectivity index (χ0v) is 10.9. The van der Waals surface area contributed by atoms with Gasteiger partial charge in [-0.3, -0.25) is 15.2 Å². The second kappa shape index (κ2) is 5.52. The molecule has 1 aliphatic heterocycles. The van der Waals surface area contributed by atoms with Crippen LogP contribution in [0, 0.1) is 0 Å². The maximum absolute atomic E-state index is 12.4. The molecule has 1 amide bonds. The summed E-state index contributed by atoms with van der Waals surface area (Å²) in [6, 6.07) is 7.30. The Hall–Kier alpha value is -2.05. The topological polar surface area (TPSA) is 44.7 Å². The van der Waals surface area contributed by atoms with Crippen LogP contribution in [0.2, 0.25) is 0 Å². The van der Waals surface area contributed by atoms with E-state index in [0.29, 0.717) is 10.6 Å². The van der Waals surface area contributed by atoms with Gasteiger partial charge < -0.3 is 0 Å². The lowest BCUT2D eigenvalue weighted by atomic mass is 10.1. The summed E-state index contributed by atoms with van der Waals surface area (Å²) in [4.78, 5) is 15.4. The van der Waals surface area contributed by atoms with Crippen molar-refractivity contribution in [3.8, 4) is 0 Å². The van der Waals surface area contributed by atoms with Gasteiger partial charge in [-0.15, -0.1) is 0 Å². The Kier molecular flexibility index (Phi) is 3.96. The van der Waals surface area contributed by atoms with Crippen LogP contribution in [0.3, 0.4) is 0 Å². The van der Waals surface area contributed by atoms with E-state index in [0.717, 1.165) is 12.0 Å². The van der Waals surface area contributed by atoms with Gasteiger partial charge in [-0.25, -0.2) is 5.01 Å². The van der Waals surface area contributed by atoms with E-state index in [1.165, 1.54) is 0 Å². The number of aliphatic imine (C=N–C) groups is 1. The van der Waals surface area contributed by atoms with Crippen molar-refractivity contribution in [1.29, 1.82) is 0 Å². The van der Waals surface area contributed by atoms with Crippen LogP contribution in [-0.2, 0) is 11.2 Å². The molecule has 0 aliphatic carbocycles. The van der Waals surface area contributed by atoms with E-state index in [-0.39, 0.29) is 12.4 Å². The molecular weight excluding hydrogens is 271 g/mol. The van der Waals surface area contributed by atoms with Crippen molar-refractivity contribution in [2.45, 2.75) is 19.5 Å². The molecule has 0 spiro atoms. The van der Waals surface area contributed by atoms with Gasteiger partial charge in [0.15, 0.2) is 0 Å². The first-order chi connectivity index (χ1) is 9.39. The van der Waals surface area contributed by atoms with Crippen LogP contribution in [0.25, 0.3) is 0 Å². The Bertz CT molecular complexity index is 523. The molecule has 1 heterocycles. The average Bonchev–Trinajstić information content (AvgIpc) is 2.40. The summed E-state index contributed by atoms with van der Waals surface area (Å²) >= 11 is 0. The molecule has 0 fully saturated rings. The Morgan fingerprint density at radius 1 is 1.30 bits per heavy atom. The van der Waals surface area contributed by atoms with Crippen LogP contribution < -0.4 is 5.43 Å². The predicted octanol–water partition coefficient (Wildman–Crippen LogP) is 1.90. The fourth-order valence-electron chi connectivity index (χ4n) is 1.82. The number of alkyl halides is 3. The van der Waals surface area contributed by atoms with Gasteiger partial charge in [-0.2, -0.15) is 13.2 Å². The zero-order chi connectivity index (χ0) is 14.8. The fourth-order valence-corrected chi connectivity index (χ4v) is 1.82. The molecule has 4 nitrogen and oxygen atoms in total. The van der Waals surface area contributed by atoms with Gasteiger partial charge in [0.05, 0.1) is 0 Å². The Labute approximate surface area is 114 Å². The van der Waals surface area contributed by atoms with Crippen molar-refractivity contribution in [2.24, 2.45) is 4.99 Å². The van der Waals surface area contributed by atoms with Gasteiger partial charge in [0.2, 0.25) is 0 Å². The Morgan fingerprint density at radius 3 is 2.50 bits per heavy atom. The Morgan fingerprint density at radius 2 is 1.95 bits per heavy atom. The number of amidine groups is 1. The molecule has 1 N–H and O–H groups in total. The quantitative estimate of drug-likeness (QED) is 0.922. The minimum atomic E-state index is -4.45. The standard InChI is InChI=1S/C13H14F3N3O/c1-2-9-3-5-10(6-4-9)12-17-7-11(20)19(18-12)8-13(14,15)16/h3-6H,2,7-8H2,1H3,(H,17,18). The number of halogens is 3. The van der Waals surface area contributed by atoms with Gasteiger partial charge >= 0.3 is 6.18 Å². The normalized spacial score (nSPS) is 15.9. The van der Waals surface area contributed by atoms with Crippen molar-refractivity contribution in [2.75, 3.05) is 13.1 Å². The first-order valence-electron chi connectivity index (χ1n) is 6.16. The summed E-state index contributed by atoms with van der Waals surface area (Å²) < 4.78 is 37.1. The van der Waals surface area contributed by atoms with Crippen molar-refractivity contribution in [1.82, 2.24) is 10.4 Å². The van der Waals surface area contributed by atoms with Crippen molar-refractivity contribution < 1.29 is 18.0 Å². The number of hydrazine groups is 1. The SMILES string of the molecule is CCc1ccc(C2=NCC(=O)N(CC(F)(F)F)N2)cc1. The molecule has 1 aromatic carbocycles. The van der Waals surface area contributed by atoms with Gasteiger partial charge in [0.1, 0.15) is 18.9 Å². The summed E-state index contributed by atoms with van der Waals surface area (Å²) in [6.45, 7) is 0.390. The van der Waals surface area contributed by atoms with E-state index in [4.69, 9.17) is 0 Å². The van der Waals surface area contributed by atoms with Crippen LogP contribution in [0.15, 0.2) is 29.3 Å². The van der Waals surface area contributed by atoms with Crippen LogP contribution in [0.1, 0.15) is 18.1 Å². The number of nitrogens with zero attached hydrogens (tertiary/aromatic N) is 2. The molecule has 0 unspecified atom stereocenters. The third kappa shape index (κ3) is 3.49. The highest BCUT2D eigenvalue weighted by molar-refractivity contribution is 6.02. The van der Waals surface area contributed by atoms with Crippen LogP contribution in [0.5, 0.6) is 0 Å². The van der Waals surface area contributed by atoms with Crippen molar-refractivity contribution in [3.63, 3.8) is 0 Å². The maximum atomic E-state index is 12.4. The highest BCUT2D eigenvalue weighted by Crippen LogP contribution is 2.17. The molecule has 108 valence electrons. The first-order valence-corrected chi connectivity index (χ1v) is 6.16. The molecule has 1 aliphatic rings. The van der Waals surface area contributed by atoms with E-state index in [9.17, 15) is 18.0 Å². The van der Waals surface area contributed by atoms with Crippen molar-refractivity contribution >= 4 is 11.7 Å².